The normalized spacial score (nSPS) is 14.3. The molecular weight excluding hydrogens is 318 g/mol. The fraction of sp³-hybridized carbons (Fsp3) is 0.263. The van der Waals surface area contributed by atoms with Gasteiger partial charge >= 0.3 is 0 Å². The van der Waals surface area contributed by atoms with Crippen LogP contribution in [0.3, 0.4) is 0 Å². The Morgan fingerprint density at radius 1 is 1.28 bits per heavy atom. The van der Waals surface area contributed by atoms with Crippen LogP contribution in [0.2, 0.25) is 0 Å². The summed E-state index contributed by atoms with van der Waals surface area (Å²) in [6.45, 7) is 2.30. The minimum Gasteiger partial charge on any atom is -0.497 e. The number of methoxy groups -OCH3 is 1. The van der Waals surface area contributed by atoms with E-state index in [4.69, 9.17) is 9.15 Å². The van der Waals surface area contributed by atoms with Crippen LogP contribution in [0.5, 0.6) is 5.75 Å². The fourth-order valence-corrected chi connectivity index (χ4v) is 3.15. The van der Waals surface area contributed by atoms with Crippen molar-refractivity contribution in [1.82, 2.24) is 14.9 Å². The smallest absolute Gasteiger partial charge is 0.254 e. The lowest BCUT2D eigenvalue weighted by Crippen LogP contribution is -2.35. The summed E-state index contributed by atoms with van der Waals surface area (Å²) in [7, 11) is 1.66. The Hall–Kier alpha value is -2.86. The van der Waals surface area contributed by atoms with E-state index in [9.17, 15) is 4.79 Å². The van der Waals surface area contributed by atoms with Gasteiger partial charge in [-0.2, -0.15) is 0 Å². The lowest BCUT2D eigenvalue weighted by atomic mass is 10.1. The van der Waals surface area contributed by atoms with Crippen molar-refractivity contribution in [2.24, 2.45) is 0 Å². The minimum absolute atomic E-state index is 0.0690. The molecule has 0 atom stereocenters. The van der Waals surface area contributed by atoms with E-state index in [1.807, 2.05) is 12.1 Å². The number of aromatic nitrogens is 2. The van der Waals surface area contributed by atoms with Crippen LogP contribution in [0.4, 0.5) is 0 Å². The van der Waals surface area contributed by atoms with Crippen molar-refractivity contribution >= 4 is 0 Å². The molecule has 128 valence electrons. The Morgan fingerprint density at radius 3 is 2.84 bits per heavy atom. The molecule has 6 nitrogen and oxygen atoms in total. The molecule has 2 aromatic heterocycles. The van der Waals surface area contributed by atoms with Crippen molar-refractivity contribution in [3.8, 4) is 17.3 Å². The van der Waals surface area contributed by atoms with Crippen LogP contribution in [-0.2, 0) is 19.5 Å². The summed E-state index contributed by atoms with van der Waals surface area (Å²) in [5.41, 5.74) is 2.75. The number of fused-ring (bicyclic) bond motifs is 1. The van der Waals surface area contributed by atoms with Gasteiger partial charge in [-0.25, -0.2) is 4.98 Å². The summed E-state index contributed by atoms with van der Waals surface area (Å²) < 4.78 is 10.5. The Labute approximate surface area is 145 Å². The Balaban J connectivity index is 1.56. The molecule has 0 fully saturated rings. The van der Waals surface area contributed by atoms with Gasteiger partial charge in [0, 0.05) is 25.2 Å². The van der Waals surface area contributed by atoms with Crippen molar-refractivity contribution in [3.63, 3.8) is 0 Å². The maximum Gasteiger partial charge on any atom is 0.254 e. The molecule has 0 spiro atoms. The molecule has 0 unspecified atom stereocenters. The molecule has 0 radical (unpaired) electrons. The number of rotatable bonds is 4. The molecular formula is C19H19N3O3. The first-order valence-electron chi connectivity index (χ1n) is 8.24. The molecule has 3 aromatic rings. The first-order valence-corrected chi connectivity index (χ1v) is 8.24. The van der Waals surface area contributed by atoms with Gasteiger partial charge in [0.2, 0.25) is 0 Å². The van der Waals surface area contributed by atoms with Gasteiger partial charge in [-0.1, -0.05) is 12.1 Å². The third kappa shape index (κ3) is 3.21. The molecule has 0 saturated carbocycles. The van der Waals surface area contributed by atoms with E-state index in [1.165, 1.54) is 5.56 Å². The van der Waals surface area contributed by atoms with E-state index in [0.29, 0.717) is 24.6 Å². The van der Waals surface area contributed by atoms with Crippen molar-refractivity contribution in [2.45, 2.75) is 19.5 Å². The van der Waals surface area contributed by atoms with Crippen LogP contribution in [0.1, 0.15) is 16.8 Å². The Morgan fingerprint density at radius 2 is 2.12 bits per heavy atom. The zero-order chi connectivity index (χ0) is 17.2. The highest BCUT2D eigenvalue weighted by Crippen LogP contribution is 2.21. The maximum absolute atomic E-state index is 12.3. The highest BCUT2D eigenvalue weighted by molar-refractivity contribution is 5.47. The van der Waals surface area contributed by atoms with Gasteiger partial charge in [-0.15, -0.1) is 0 Å². The van der Waals surface area contributed by atoms with E-state index < -0.39 is 0 Å². The van der Waals surface area contributed by atoms with Gasteiger partial charge < -0.3 is 14.1 Å². The van der Waals surface area contributed by atoms with E-state index in [0.717, 1.165) is 30.1 Å². The molecule has 0 amide bonds. The summed E-state index contributed by atoms with van der Waals surface area (Å²) in [5.74, 6) is 1.91. The van der Waals surface area contributed by atoms with Crippen LogP contribution in [-0.4, -0.2) is 28.5 Å². The highest BCUT2D eigenvalue weighted by Gasteiger charge is 2.22. The molecule has 3 heterocycles. The van der Waals surface area contributed by atoms with Gasteiger partial charge in [0.15, 0.2) is 11.6 Å². The highest BCUT2D eigenvalue weighted by atomic mass is 16.5. The molecule has 0 bridgehead atoms. The monoisotopic (exact) mass is 337 g/mol. The topological polar surface area (TPSA) is 71.4 Å². The number of furan rings is 1. The molecule has 1 aromatic carbocycles. The summed E-state index contributed by atoms with van der Waals surface area (Å²) in [6.07, 6.45) is 2.27. The van der Waals surface area contributed by atoms with Crippen molar-refractivity contribution in [1.29, 1.82) is 0 Å². The molecule has 0 aliphatic carbocycles. The van der Waals surface area contributed by atoms with Gasteiger partial charge in [0.25, 0.3) is 5.56 Å². The van der Waals surface area contributed by atoms with Gasteiger partial charge in [0.1, 0.15) is 5.75 Å². The summed E-state index contributed by atoms with van der Waals surface area (Å²) in [6, 6.07) is 11.6. The Kier molecular flexibility index (Phi) is 4.11. The quantitative estimate of drug-likeness (QED) is 0.792. The van der Waals surface area contributed by atoms with Crippen LogP contribution in [0.25, 0.3) is 11.6 Å². The van der Waals surface area contributed by atoms with Crippen molar-refractivity contribution in [2.75, 3.05) is 13.7 Å². The van der Waals surface area contributed by atoms with Crippen LogP contribution in [0.15, 0.2) is 51.9 Å². The van der Waals surface area contributed by atoms with E-state index in [2.05, 4.69) is 27.0 Å². The number of aromatic amines is 1. The second-order valence-corrected chi connectivity index (χ2v) is 6.13. The average molecular weight is 337 g/mol. The number of hydrogen-bond donors (Lipinski definition) is 1. The lowest BCUT2D eigenvalue weighted by molar-refractivity contribution is 0.240. The zero-order valence-corrected chi connectivity index (χ0v) is 14.0. The second-order valence-electron chi connectivity index (χ2n) is 6.13. The fourth-order valence-electron chi connectivity index (χ4n) is 3.15. The van der Waals surface area contributed by atoms with E-state index in [1.54, 1.807) is 25.5 Å². The number of nitrogens with one attached hydrogen (secondary N) is 1. The van der Waals surface area contributed by atoms with Crippen LogP contribution < -0.4 is 10.3 Å². The number of benzene rings is 1. The van der Waals surface area contributed by atoms with Crippen molar-refractivity contribution < 1.29 is 9.15 Å². The third-order valence-electron chi connectivity index (χ3n) is 4.47. The number of ether oxygens (including phenoxy) is 1. The molecule has 4 rings (SSSR count). The standard InChI is InChI=1S/C19H19N3O3/c1-24-14-6-4-13(5-7-14)11-22-9-8-15-16(12-22)20-18(21-19(15)23)17-3-2-10-25-17/h2-7,10H,8-9,11-12H2,1H3,(H,20,21,23). The third-order valence-corrected chi connectivity index (χ3v) is 4.47. The molecule has 0 saturated heterocycles. The Bertz CT molecular complexity index is 914. The predicted molar refractivity (Wildman–Crippen MR) is 93.4 cm³/mol. The first kappa shape index (κ1) is 15.7. The van der Waals surface area contributed by atoms with Crippen molar-refractivity contribution in [3.05, 3.63) is 69.8 Å². The van der Waals surface area contributed by atoms with Crippen LogP contribution in [0, 0.1) is 0 Å². The molecule has 25 heavy (non-hydrogen) atoms. The molecule has 6 heteroatoms. The molecule has 1 N–H and O–H groups in total. The summed E-state index contributed by atoms with van der Waals surface area (Å²) >= 11 is 0. The largest absolute Gasteiger partial charge is 0.497 e. The lowest BCUT2D eigenvalue weighted by Gasteiger charge is -2.27. The van der Waals surface area contributed by atoms with E-state index in [-0.39, 0.29) is 5.56 Å². The maximum atomic E-state index is 12.3. The predicted octanol–water partition coefficient (Wildman–Crippen LogP) is 2.60. The SMILES string of the molecule is COc1ccc(CN2CCc3c(nc(-c4ccco4)[nH]c3=O)C2)cc1. The minimum atomic E-state index is -0.0690. The van der Waals surface area contributed by atoms with Gasteiger partial charge in [-0.3, -0.25) is 9.69 Å². The number of H-pyrrole nitrogens is 1. The van der Waals surface area contributed by atoms with Gasteiger partial charge in [-0.05, 0) is 36.2 Å². The molecule has 1 aliphatic heterocycles. The second kappa shape index (κ2) is 6.57. The van der Waals surface area contributed by atoms with Gasteiger partial charge in [0.05, 0.1) is 19.1 Å². The average Bonchev–Trinajstić information content (AvgIpc) is 3.17. The summed E-state index contributed by atoms with van der Waals surface area (Å²) in [4.78, 5) is 22.1. The number of hydrogen-bond acceptors (Lipinski definition) is 5. The zero-order valence-electron chi connectivity index (χ0n) is 14.0. The number of nitrogens with zero attached hydrogens (tertiary/aromatic N) is 2. The summed E-state index contributed by atoms with van der Waals surface area (Å²) in [5, 5.41) is 0. The molecule has 1 aliphatic rings. The van der Waals surface area contributed by atoms with Crippen LogP contribution >= 0.6 is 0 Å². The van der Waals surface area contributed by atoms with E-state index >= 15 is 0 Å². The first-order chi connectivity index (χ1) is 12.2.